The van der Waals surface area contributed by atoms with E-state index < -0.39 is 5.97 Å². The molecule has 0 radical (unpaired) electrons. The second-order valence-corrected chi connectivity index (χ2v) is 7.53. The summed E-state index contributed by atoms with van der Waals surface area (Å²) in [6.45, 7) is 0. The van der Waals surface area contributed by atoms with Crippen molar-refractivity contribution in [3.8, 4) is 28.1 Å². The Bertz CT molecular complexity index is 1170. The third kappa shape index (κ3) is 3.25. The summed E-state index contributed by atoms with van der Waals surface area (Å²) < 4.78 is 2.27. The van der Waals surface area contributed by atoms with Gasteiger partial charge in [-0.2, -0.15) is 0 Å². The van der Waals surface area contributed by atoms with Gasteiger partial charge in [-0.15, -0.1) is 0 Å². The van der Waals surface area contributed by atoms with Crippen molar-refractivity contribution in [3.05, 3.63) is 102 Å². The number of hydrogen-bond acceptors (Lipinski definition) is 1. The molecule has 3 heteroatoms. The summed E-state index contributed by atoms with van der Waals surface area (Å²) >= 11 is 0. The first-order valence-corrected chi connectivity index (χ1v) is 9.92. The van der Waals surface area contributed by atoms with Crippen LogP contribution in [0.3, 0.4) is 0 Å². The fourth-order valence-electron chi connectivity index (χ4n) is 4.01. The molecule has 4 aromatic rings. The van der Waals surface area contributed by atoms with Gasteiger partial charge >= 0.3 is 5.97 Å². The Labute approximate surface area is 169 Å². The van der Waals surface area contributed by atoms with E-state index in [-0.39, 0.29) is 0 Å². The fraction of sp³-hybridized carbons (Fsp3) is 0.115. The van der Waals surface area contributed by atoms with Crippen LogP contribution in [0.5, 0.6) is 0 Å². The van der Waals surface area contributed by atoms with Gasteiger partial charge in [-0.05, 0) is 48.2 Å². The maximum Gasteiger partial charge on any atom is 0.335 e. The van der Waals surface area contributed by atoms with E-state index in [1.807, 2.05) is 36.4 Å². The zero-order valence-electron chi connectivity index (χ0n) is 16.0. The average molecular weight is 379 g/mol. The van der Waals surface area contributed by atoms with Gasteiger partial charge in [0.05, 0.1) is 11.3 Å². The maximum absolute atomic E-state index is 11.6. The molecule has 0 saturated heterocycles. The number of aromatic carboxylic acids is 1. The fourth-order valence-corrected chi connectivity index (χ4v) is 4.01. The van der Waals surface area contributed by atoms with Crippen LogP contribution in [0.4, 0.5) is 0 Å². The summed E-state index contributed by atoms with van der Waals surface area (Å²) in [5.41, 5.74) is 7.11. The highest BCUT2D eigenvalue weighted by molar-refractivity contribution is 5.88. The summed E-state index contributed by atoms with van der Waals surface area (Å²) in [6, 6.07) is 30.3. The average Bonchev–Trinajstić information content (AvgIpc) is 3.54. The van der Waals surface area contributed by atoms with Crippen LogP contribution in [-0.4, -0.2) is 15.6 Å². The molecule has 0 bridgehead atoms. The summed E-state index contributed by atoms with van der Waals surface area (Å²) in [4.78, 5) is 11.6. The van der Waals surface area contributed by atoms with Gasteiger partial charge in [-0.25, -0.2) is 4.79 Å². The molecule has 1 fully saturated rings. The van der Waals surface area contributed by atoms with Crippen molar-refractivity contribution in [2.24, 2.45) is 0 Å². The molecule has 29 heavy (non-hydrogen) atoms. The predicted molar refractivity (Wildman–Crippen MR) is 116 cm³/mol. The van der Waals surface area contributed by atoms with Gasteiger partial charge in [0.2, 0.25) is 0 Å². The predicted octanol–water partition coefficient (Wildman–Crippen LogP) is 6.39. The zero-order valence-corrected chi connectivity index (χ0v) is 16.0. The minimum atomic E-state index is -0.906. The highest BCUT2D eigenvalue weighted by atomic mass is 16.4. The van der Waals surface area contributed by atoms with E-state index in [9.17, 15) is 9.90 Å². The number of nitrogens with zero attached hydrogens (tertiary/aromatic N) is 1. The van der Waals surface area contributed by atoms with Crippen molar-refractivity contribution in [1.82, 2.24) is 4.57 Å². The largest absolute Gasteiger partial charge is 0.478 e. The van der Waals surface area contributed by atoms with E-state index in [2.05, 4.69) is 47.0 Å². The van der Waals surface area contributed by atoms with Gasteiger partial charge < -0.3 is 9.67 Å². The molecule has 0 amide bonds. The van der Waals surface area contributed by atoms with E-state index in [4.69, 9.17) is 0 Å². The molecule has 5 rings (SSSR count). The van der Waals surface area contributed by atoms with Gasteiger partial charge in [0.1, 0.15) is 0 Å². The highest BCUT2D eigenvalue weighted by Gasteiger charge is 2.32. The Morgan fingerprint density at radius 3 is 2.07 bits per heavy atom. The van der Waals surface area contributed by atoms with Crippen LogP contribution in [0.2, 0.25) is 0 Å². The van der Waals surface area contributed by atoms with Crippen LogP contribution < -0.4 is 0 Å². The summed E-state index contributed by atoms with van der Waals surface area (Å²) in [6.07, 6.45) is 2.33. The number of rotatable bonds is 5. The second-order valence-electron chi connectivity index (χ2n) is 7.53. The molecular formula is C26H21NO2. The highest BCUT2D eigenvalue weighted by Crippen LogP contribution is 2.48. The van der Waals surface area contributed by atoms with Crippen LogP contribution in [0.1, 0.15) is 34.8 Å². The lowest BCUT2D eigenvalue weighted by Crippen LogP contribution is -2.04. The Morgan fingerprint density at radius 1 is 0.793 bits per heavy atom. The summed E-state index contributed by atoms with van der Waals surface area (Å²) in [5, 5.41) is 9.51. The van der Waals surface area contributed by atoms with Crippen molar-refractivity contribution in [3.63, 3.8) is 0 Å². The molecule has 1 aliphatic carbocycles. The van der Waals surface area contributed by atoms with E-state index in [1.165, 1.54) is 16.8 Å². The zero-order chi connectivity index (χ0) is 19.8. The van der Waals surface area contributed by atoms with Gasteiger partial charge in [0.15, 0.2) is 0 Å². The number of carboxylic acids is 1. The van der Waals surface area contributed by atoms with E-state index in [0.29, 0.717) is 11.5 Å². The minimum absolute atomic E-state index is 0.304. The van der Waals surface area contributed by atoms with E-state index >= 15 is 0 Å². The maximum atomic E-state index is 11.6. The van der Waals surface area contributed by atoms with Gasteiger partial charge in [-0.3, -0.25) is 0 Å². The monoisotopic (exact) mass is 379 g/mol. The third-order valence-electron chi connectivity index (χ3n) is 5.51. The number of benzene rings is 3. The lowest BCUT2D eigenvalue weighted by Gasteiger charge is -2.15. The quantitative estimate of drug-likeness (QED) is 0.437. The molecular weight excluding hydrogens is 358 g/mol. The smallest absolute Gasteiger partial charge is 0.335 e. The normalized spacial score (nSPS) is 13.4. The van der Waals surface area contributed by atoms with Crippen molar-refractivity contribution < 1.29 is 9.90 Å². The molecule has 1 heterocycles. The minimum Gasteiger partial charge on any atom is -0.478 e. The van der Waals surface area contributed by atoms with Crippen LogP contribution in [0.25, 0.3) is 28.1 Å². The van der Waals surface area contributed by atoms with Crippen LogP contribution in [0, 0.1) is 0 Å². The van der Waals surface area contributed by atoms with Crippen molar-refractivity contribution >= 4 is 5.97 Å². The van der Waals surface area contributed by atoms with E-state index in [1.54, 1.807) is 12.1 Å². The summed E-state index contributed by atoms with van der Waals surface area (Å²) in [5.74, 6) is -0.410. The van der Waals surface area contributed by atoms with Crippen molar-refractivity contribution in [2.75, 3.05) is 0 Å². The molecule has 3 aromatic carbocycles. The van der Waals surface area contributed by atoms with Crippen molar-refractivity contribution in [2.45, 2.75) is 18.8 Å². The molecule has 1 aromatic heterocycles. The van der Waals surface area contributed by atoms with Crippen LogP contribution in [0.15, 0.2) is 91.0 Å². The molecule has 0 aliphatic heterocycles. The van der Waals surface area contributed by atoms with Crippen molar-refractivity contribution in [1.29, 1.82) is 0 Å². The number of hydrogen-bond donors (Lipinski definition) is 1. The Hall–Kier alpha value is -3.59. The van der Waals surface area contributed by atoms with Gasteiger partial charge in [0.25, 0.3) is 0 Å². The second kappa shape index (κ2) is 7.10. The molecule has 0 atom stereocenters. The first-order chi connectivity index (χ1) is 14.2. The molecule has 0 unspecified atom stereocenters. The Morgan fingerprint density at radius 2 is 1.45 bits per heavy atom. The standard InChI is InChI=1S/C26H21NO2/c28-26(29)21-12-7-13-22(16-21)27-24(19-10-5-2-6-11-19)17-23(25(27)20-14-15-20)18-8-3-1-4-9-18/h1-13,16-17,20H,14-15H2,(H,28,29). The van der Waals surface area contributed by atoms with E-state index in [0.717, 1.165) is 29.8 Å². The molecule has 0 spiro atoms. The van der Waals surface area contributed by atoms with Crippen LogP contribution >= 0.6 is 0 Å². The number of carbonyl (C=O) groups is 1. The molecule has 1 aliphatic rings. The van der Waals surface area contributed by atoms with Gasteiger partial charge in [0, 0.05) is 22.9 Å². The number of aromatic nitrogens is 1. The molecule has 1 saturated carbocycles. The first kappa shape index (κ1) is 17.5. The topological polar surface area (TPSA) is 42.2 Å². The Balaban J connectivity index is 1.81. The third-order valence-corrected chi connectivity index (χ3v) is 5.51. The SMILES string of the molecule is O=C(O)c1cccc(-n2c(-c3ccccc3)cc(-c3ccccc3)c2C2CC2)c1. The lowest BCUT2D eigenvalue weighted by atomic mass is 10.0. The molecule has 142 valence electrons. The first-order valence-electron chi connectivity index (χ1n) is 9.92. The lowest BCUT2D eigenvalue weighted by molar-refractivity contribution is 0.0697. The molecule has 3 nitrogen and oxygen atoms in total. The van der Waals surface area contributed by atoms with Crippen LogP contribution in [-0.2, 0) is 0 Å². The Kier molecular flexibility index (Phi) is 4.28. The summed E-state index contributed by atoms with van der Waals surface area (Å²) in [7, 11) is 0. The van der Waals surface area contributed by atoms with Gasteiger partial charge in [-0.1, -0.05) is 66.7 Å². The molecule has 1 N–H and O–H groups in total. The number of carboxylic acid groups (broad SMARTS) is 1.